The minimum atomic E-state index is -0.712. The lowest BCUT2D eigenvalue weighted by molar-refractivity contribution is 0.0523. The quantitative estimate of drug-likeness (QED) is 0.628. The van der Waals surface area contributed by atoms with E-state index in [0.29, 0.717) is 11.3 Å². The van der Waals surface area contributed by atoms with E-state index in [2.05, 4.69) is 11.7 Å². The smallest absolute Gasteiger partial charge is 0.343 e. The standard InChI is InChI=1S/C16H15FN2O3/c1-3-9-19-15(20)13(16(21)22-4-2)10-14(18-19)11-5-7-12(17)8-6-11/h3,5-8,10H,1,4,9H2,2H3. The summed E-state index contributed by atoms with van der Waals surface area (Å²) in [4.78, 5) is 24.1. The average molecular weight is 302 g/mol. The minimum absolute atomic E-state index is 0.113. The summed E-state index contributed by atoms with van der Waals surface area (Å²) in [6.45, 7) is 5.53. The Morgan fingerprint density at radius 1 is 1.41 bits per heavy atom. The number of allylic oxidation sites excluding steroid dienone is 1. The van der Waals surface area contributed by atoms with Gasteiger partial charge in [0.1, 0.15) is 11.4 Å². The van der Waals surface area contributed by atoms with Crippen molar-refractivity contribution in [3.05, 3.63) is 64.7 Å². The van der Waals surface area contributed by atoms with E-state index in [1.807, 2.05) is 0 Å². The van der Waals surface area contributed by atoms with Gasteiger partial charge in [-0.3, -0.25) is 4.79 Å². The van der Waals surface area contributed by atoms with Crippen molar-refractivity contribution in [2.45, 2.75) is 13.5 Å². The molecule has 1 heterocycles. The lowest BCUT2D eigenvalue weighted by Gasteiger charge is -2.09. The van der Waals surface area contributed by atoms with Gasteiger partial charge in [-0.15, -0.1) is 6.58 Å². The van der Waals surface area contributed by atoms with Gasteiger partial charge in [0.05, 0.1) is 18.8 Å². The van der Waals surface area contributed by atoms with Crippen molar-refractivity contribution in [2.24, 2.45) is 0 Å². The van der Waals surface area contributed by atoms with Crippen molar-refractivity contribution in [1.82, 2.24) is 9.78 Å². The first-order valence-corrected chi connectivity index (χ1v) is 6.73. The van der Waals surface area contributed by atoms with E-state index in [0.717, 1.165) is 4.68 Å². The number of aromatic nitrogens is 2. The first kappa shape index (κ1) is 15.6. The molecule has 0 bridgehead atoms. The molecule has 2 aromatic rings. The van der Waals surface area contributed by atoms with Crippen LogP contribution >= 0.6 is 0 Å². The molecule has 1 aromatic heterocycles. The molecular formula is C16H15FN2O3. The summed E-state index contributed by atoms with van der Waals surface area (Å²) in [6.07, 6.45) is 1.50. The van der Waals surface area contributed by atoms with Crippen molar-refractivity contribution in [3.63, 3.8) is 0 Å². The molecule has 0 aliphatic rings. The van der Waals surface area contributed by atoms with Gasteiger partial charge in [-0.25, -0.2) is 13.9 Å². The van der Waals surface area contributed by atoms with E-state index in [9.17, 15) is 14.0 Å². The van der Waals surface area contributed by atoms with E-state index in [1.165, 1.54) is 36.4 Å². The van der Waals surface area contributed by atoms with Gasteiger partial charge in [0.15, 0.2) is 0 Å². The molecule has 0 saturated heterocycles. The highest BCUT2D eigenvalue weighted by molar-refractivity contribution is 5.90. The highest BCUT2D eigenvalue weighted by Gasteiger charge is 2.17. The van der Waals surface area contributed by atoms with Gasteiger partial charge in [-0.1, -0.05) is 6.08 Å². The molecule has 0 aliphatic heterocycles. The lowest BCUT2D eigenvalue weighted by Crippen LogP contribution is -2.29. The fraction of sp³-hybridized carbons (Fsp3) is 0.188. The van der Waals surface area contributed by atoms with Crippen molar-refractivity contribution in [1.29, 1.82) is 0 Å². The molecule has 22 heavy (non-hydrogen) atoms. The first-order chi connectivity index (χ1) is 10.6. The summed E-state index contributed by atoms with van der Waals surface area (Å²) in [5.74, 6) is -1.09. The molecule has 0 aliphatic carbocycles. The van der Waals surface area contributed by atoms with Crippen LogP contribution in [0.1, 0.15) is 17.3 Å². The predicted octanol–water partition coefficient (Wildman–Crippen LogP) is 2.41. The molecule has 0 saturated carbocycles. The van der Waals surface area contributed by atoms with Gasteiger partial charge in [-0.2, -0.15) is 5.10 Å². The second-order valence-corrected chi connectivity index (χ2v) is 4.45. The largest absolute Gasteiger partial charge is 0.462 e. The molecule has 0 amide bonds. The minimum Gasteiger partial charge on any atom is -0.462 e. The molecule has 0 N–H and O–H groups in total. The number of benzene rings is 1. The third-order valence-corrected chi connectivity index (χ3v) is 2.91. The van der Waals surface area contributed by atoms with Gasteiger partial charge in [-0.05, 0) is 37.3 Å². The van der Waals surface area contributed by atoms with Gasteiger partial charge >= 0.3 is 5.97 Å². The summed E-state index contributed by atoms with van der Waals surface area (Å²) in [7, 11) is 0. The second-order valence-electron chi connectivity index (χ2n) is 4.45. The third-order valence-electron chi connectivity index (χ3n) is 2.91. The summed E-state index contributed by atoms with van der Waals surface area (Å²) in [5.41, 5.74) is 0.302. The van der Waals surface area contributed by atoms with E-state index < -0.39 is 11.5 Å². The van der Waals surface area contributed by atoms with Gasteiger partial charge in [0, 0.05) is 5.56 Å². The SMILES string of the molecule is C=CCn1nc(-c2ccc(F)cc2)cc(C(=O)OCC)c1=O. The van der Waals surface area contributed by atoms with Crippen LogP contribution in [-0.2, 0) is 11.3 Å². The van der Waals surface area contributed by atoms with Crippen LogP contribution in [0.15, 0.2) is 47.8 Å². The number of hydrogen-bond acceptors (Lipinski definition) is 4. The van der Waals surface area contributed by atoms with Crippen LogP contribution in [-0.4, -0.2) is 22.4 Å². The number of carbonyl (C=O) groups is 1. The molecular weight excluding hydrogens is 287 g/mol. The van der Waals surface area contributed by atoms with Crippen LogP contribution in [0.2, 0.25) is 0 Å². The summed E-state index contributed by atoms with van der Waals surface area (Å²) >= 11 is 0. The molecule has 5 nitrogen and oxygen atoms in total. The number of halogens is 1. The maximum atomic E-state index is 13.0. The topological polar surface area (TPSA) is 61.2 Å². The fourth-order valence-corrected chi connectivity index (χ4v) is 1.90. The van der Waals surface area contributed by atoms with Gasteiger partial charge in [0.2, 0.25) is 0 Å². The monoisotopic (exact) mass is 302 g/mol. The molecule has 2 rings (SSSR count). The molecule has 1 aromatic carbocycles. The number of hydrogen-bond donors (Lipinski definition) is 0. The summed E-state index contributed by atoms with van der Waals surface area (Å²) < 4.78 is 19.0. The second kappa shape index (κ2) is 6.80. The van der Waals surface area contributed by atoms with Crippen LogP contribution in [0.25, 0.3) is 11.3 Å². The first-order valence-electron chi connectivity index (χ1n) is 6.73. The zero-order valence-electron chi connectivity index (χ0n) is 12.1. The van der Waals surface area contributed by atoms with Crippen LogP contribution in [0.3, 0.4) is 0 Å². The average Bonchev–Trinajstić information content (AvgIpc) is 2.50. The van der Waals surface area contributed by atoms with Crippen LogP contribution in [0, 0.1) is 5.82 Å². The Hall–Kier alpha value is -2.76. The molecule has 0 unspecified atom stereocenters. The zero-order valence-corrected chi connectivity index (χ0v) is 12.1. The molecule has 0 fully saturated rings. The van der Waals surface area contributed by atoms with E-state index in [-0.39, 0.29) is 24.5 Å². The Kier molecular flexibility index (Phi) is 4.83. The molecule has 0 radical (unpaired) electrons. The van der Waals surface area contributed by atoms with Crippen molar-refractivity contribution in [3.8, 4) is 11.3 Å². The summed E-state index contributed by atoms with van der Waals surface area (Å²) in [5, 5.41) is 4.17. The Labute approximate surface area is 126 Å². The van der Waals surface area contributed by atoms with Gasteiger partial charge in [0.25, 0.3) is 5.56 Å². The highest BCUT2D eigenvalue weighted by Crippen LogP contribution is 2.17. The number of rotatable bonds is 5. The number of carbonyl (C=O) groups excluding carboxylic acids is 1. The van der Waals surface area contributed by atoms with Crippen LogP contribution < -0.4 is 5.56 Å². The van der Waals surface area contributed by atoms with Gasteiger partial charge < -0.3 is 4.74 Å². The highest BCUT2D eigenvalue weighted by atomic mass is 19.1. The normalized spacial score (nSPS) is 10.3. The Morgan fingerprint density at radius 2 is 2.09 bits per heavy atom. The van der Waals surface area contributed by atoms with Crippen LogP contribution in [0.5, 0.6) is 0 Å². The van der Waals surface area contributed by atoms with E-state index in [1.54, 1.807) is 6.92 Å². The van der Waals surface area contributed by atoms with Crippen molar-refractivity contribution >= 4 is 5.97 Å². The Balaban J connectivity index is 2.59. The third kappa shape index (κ3) is 3.28. The predicted molar refractivity (Wildman–Crippen MR) is 80.0 cm³/mol. The maximum Gasteiger partial charge on any atom is 0.343 e. The fourth-order valence-electron chi connectivity index (χ4n) is 1.90. The Morgan fingerprint density at radius 3 is 2.68 bits per heavy atom. The molecule has 0 atom stereocenters. The maximum absolute atomic E-state index is 13.0. The Bertz CT molecular complexity index is 751. The number of esters is 1. The molecule has 0 spiro atoms. The van der Waals surface area contributed by atoms with Crippen molar-refractivity contribution < 1.29 is 13.9 Å². The van der Waals surface area contributed by atoms with Crippen molar-refractivity contribution in [2.75, 3.05) is 6.61 Å². The summed E-state index contributed by atoms with van der Waals surface area (Å²) in [6, 6.07) is 6.96. The van der Waals surface area contributed by atoms with Crippen LogP contribution in [0.4, 0.5) is 4.39 Å². The van der Waals surface area contributed by atoms with E-state index >= 15 is 0 Å². The van der Waals surface area contributed by atoms with E-state index in [4.69, 9.17) is 4.74 Å². The zero-order chi connectivity index (χ0) is 16.1. The number of nitrogens with zero attached hydrogens (tertiary/aromatic N) is 2. The lowest BCUT2D eigenvalue weighted by atomic mass is 10.1. The molecule has 114 valence electrons. The number of ether oxygens (including phenoxy) is 1. The molecule has 6 heteroatoms.